The topological polar surface area (TPSA) is 38.3 Å². The number of ether oxygens (including phenoxy) is 1. The highest BCUT2D eigenvalue weighted by atomic mass is 79.9. The Morgan fingerprint density at radius 1 is 1.30 bits per heavy atom. The van der Waals surface area contributed by atoms with E-state index in [-0.39, 0.29) is 5.91 Å². The van der Waals surface area contributed by atoms with Gasteiger partial charge in [0.25, 0.3) is 0 Å². The maximum Gasteiger partial charge on any atom is 0.220 e. The summed E-state index contributed by atoms with van der Waals surface area (Å²) >= 11 is 5.19. The molecule has 0 aliphatic heterocycles. The second kappa shape index (κ2) is 11.0. The second-order valence-electron chi connectivity index (χ2n) is 4.40. The summed E-state index contributed by atoms with van der Waals surface area (Å²) in [5, 5.41) is 3.92. The lowest BCUT2D eigenvalue weighted by Gasteiger charge is -2.06. The first-order valence-electron chi connectivity index (χ1n) is 6.79. The molecule has 0 heterocycles. The van der Waals surface area contributed by atoms with Crippen LogP contribution in [0.1, 0.15) is 24.8 Å². The van der Waals surface area contributed by atoms with Crippen LogP contribution < -0.4 is 10.1 Å². The van der Waals surface area contributed by atoms with Gasteiger partial charge in [0.15, 0.2) is 0 Å². The zero-order valence-electron chi connectivity index (χ0n) is 11.9. The van der Waals surface area contributed by atoms with Crippen LogP contribution in [0.5, 0.6) is 5.75 Å². The van der Waals surface area contributed by atoms with Crippen LogP contribution in [-0.4, -0.2) is 30.6 Å². The smallest absolute Gasteiger partial charge is 0.220 e. The Morgan fingerprint density at radius 2 is 2.05 bits per heavy atom. The third-order valence-electron chi connectivity index (χ3n) is 2.78. The number of rotatable bonds is 10. The van der Waals surface area contributed by atoms with Crippen molar-refractivity contribution in [3.8, 4) is 5.75 Å². The summed E-state index contributed by atoms with van der Waals surface area (Å²) in [6, 6.07) is 8.10. The van der Waals surface area contributed by atoms with Crippen molar-refractivity contribution in [2.45, 2.75) is 25.0 Å². The van der Waals surface area contributed by atoms with Crippen LogP contribution in [-0.2, 0) is 10.5 Å². The van der Waals surface area contributed by atoms with E-state index >= 15 is 0 Å². The third-order valence-corrected chi connectivity index (χ3v) is 4.37. The molecule has 20 heavy (non-hydrogen) atoms. The lowest BCUT2D eigenvalue weighted by molar-refractivity contribution is -0.121. The van der Waals surface area contributed by atoms with Gasteiger partial charge in [-0.2, -0.15) is 11.8 Å². The van der Waals surface area contributed by atoms with Crippen molar-refractivity contribution in [2.75, 3.05) is 24.7 Å². The van der Waals surface area contributed by atoms with Crippen molar-refractivity contribution >= 4 is 33.6 Å². The molecule has 0 bridgehead atoms. The lowest BCUT2D eigenvalue weighted by Crippen LogP contribution is -2.25. The number of halogens is 1. The maximum atomic E-state index is 11.5. The van der Waals surface area contributed by atoms with Gasteiger partial charge in [-0.05, 0) is 30.5 Å². The van der Waals surface area contributed by atoms with Gasteiger partial charge >= 0.3 is 0 Å². The monoisotopic (exact) mass is 359 g/mol. The van der Waals surface area contributed by atoms with E-state index < -0.39 is 0 Å². The van der Waals surface area contributed by atoms with Crippen LogP contribution in [0.2, 0.25) is 0 Å². The summed E-state index contributed by atoms with van der Waals surface area (Å²) in [7, 11) is 1.67. The Bertz CT molecular complexity index is 384. The Morgan fingerprint density at radius 3 is 2.70 bits per heavy atom. The number of nitrogens with one attached hydrogen (secondary N) is 1. The van der Waals surface area contributed by atoms with Crippen molar-refractivity contribution in [1.29, 1.82) is 0 Å². The summed E-state index contributed by atoms with van der Waals surface area (Å²) in [6.07, 6.45) is 2.64. The number of hydrogen-bond donors (Lipinski definition) is 1. The zero-order chi connectivity index (χ0) is 14.6. The van der Waals surface area contributed by atoms with Crippen LogP contribution >= 0.6 is 27.7 Å². The van der Waals surface area contributed by atoms with E-state index in [2.05, 4.69) is 33.4 Å². The largest absolute Gasteiger partial charge is 0.497 e. The van der Waals surface area contributed by atoms with E-state index in [1.54, 1.807) is 7.11 Å². The molecule has 1 N–H and O–H groups in total. The molecule has 0 unspecified atom stereocenters. The summed E-state index contributed by atoms with van der Waals surface area (Å²) < 4.78 is 5.12. The summed E-state index contributed by atoms with van der Waals surface area (Å²) in [6.45, 7) is 0.744. The van der Waals surface area contributed by atoms with Crippen molar-refractivity contribution in [2.24, 2.45) is 0 Å². The number of methoxy groups -OCH3 is 1. The van der Waals surface area contributed by atoms with E-state index in [0.29, 0.717) is 6.42 Å². The normalized spacial score (nSPS) is 10.3. The third kappa shape index (κ3) is 7.80. The average molecular weight is 360 g/mol. The van der Waals surface area contributed by atoms with E-state index in [9.17, 15) is 4.79 Å². The molecule has 0 atom stereocenters. The molecule has 0 aliphatic carbocycles. The fraction of sp³-hybridized carbons (Fsp3) is 0.533. The van der Waals surface area contributed by atoms with Crippen molar-refractivity contribution in [3.05, 3.63) is 29.8 Å². The van der Waals surface area contributed by atoms with Gasteiger partial charge < -0.3 is 10.1 Å². The molecular formula is C15H22BrNO2S. The summed E-state index contributed by atoms with van der Waals surface area (Å²) in [5.41, 5.74) is 1.28. The molecule has 0 saturated carbocycles. The molecule has 0 spiro atoms. The second-order valence-corrected chi connectivity index (χ2v) is 6.29. The minimum Gasteiger partial charge on any atom is -0.497 e. The van der Waals surface area contributed by atoms with E-state index in [1.807, 2.05) is 23.9 Å². The van der Waals surface area contributed by atoms with Gasteiger partial charge in [0.1, 0.15) is 5.75 Å². The molecule has 0 aromatic heterocycles. The first-order valence-corrected chi connectivity index (χ1v) is 9.07. The number of unbranched alkanes of at least 4 members (excludes halogenated alkanes) is 1. The molecule has 0 fully saturated rings. The maximum absolute atomic E-state index is 11.5. The Hall–Kier alpha value is -0.680. The minimum absolute atomic E-state index is 0.163. The number of carbonyl (C=O) groups excluding carboxylic acids is 1. The Labute approximate surface area is 134 Å². The predicted octanol–water partition coefficient (Wildman–Crippen LogP) is 3.61. The highest BCUT2D eigenvalue weighted by molar-refractivity contribution is 9.09. The van der Waals surface area contributed by atoms with Crippen molar-refractivity contribution < 1.29 is 9.53 Å². The fourth-order valence-electron chi connectivity index (χ4n) is 1.64. The van der Waals surface area contributed by atoms with Gasteiger partial charge in [-0.3, -0.25) is 4.79 Å². The van der Waals surface area contributed by atoms with Gasteiger partial charge in [0.2, 0.25) is 5.91 Å². The van der Waals surface area contributed by atoms with Gasteiger partial charge in [0.05, 0.1) is 7.11 Å². The Kier molecular flexibility index (Phi) is 9.58. The summed E-state index contributed by atoms with van der Waals surface area (Å²) in [4.78, 5) is 11.5. The Balaban J connectivity index is 2.05. The minimum atomic E-state index is 0.163. The molecule has 1 rings (SSSR count). The molecule has 0 saturated heterocycles. The molecule has 1 amide bonds. The number of amides is 1. The fourth-order valence-corrected chi connectivity index (χ4v) is 2.86. The SMILES string of the molecule is COc1ccc(CSCCNC(=O)CCCCBr)cc1. The van der Waals surface area contributed by atoms with E-state index in [4.69, 9.17) is 4.74 Å². The van der Waals surface area contributed by atoms with Crippen LogP contribution in [0.25, 0.3) is 0 Å². The highest BCUT2D eigenvalue weighted by Crippen LogP contribution is 2.16. The number of carbonyl (C=O) groups is 1. The molecule has 112 valence electrons. The van der Waals surface area contributed by atoms with Crippen LogP contribution in [0, 0.1) is 0 Å². The van der Waals surface area contributed by atoms with Gasteiger partial charge in [0, 0.05) is 29.8 Å². The number of hydrogen-bond acceptors (Lipinski definition) is 3. The van der Waals surface area contributed by atoms with Gasteiger partial charge in [-0.15, -0.1) is 0 Å². The van der Waals surface area contributed by atoms with Crippen molar-refractivity contribution in [1.82, 2.24) is 5.32 Å². The molecule has 5 heteroatoms. The van der Waals surface area contributed by atoms with Crippen LogP contribution in [0.3, 0.4) is 0 Å². The van der Waals surface area contributed by atoms with Crippen molar-refractivity contribution in [3.63, 3.8) is 0 Å². The molecule has 3 nitrogen and oxygen atoms in total. The number of alkyl halides is 1. The zero-order valence-corrected chi connectivity index (χ0v) is 14.3. The number of benzene rings is 1. The van der Waals surface area contributed by atoms with Gasteiger partial charge in [-0.25, -0.2) is 0 Å². The van der Waals surface area contributed by atoms with E-state index in [0.717, 1.165) is 42.0 Å². The predicted molar refractivity (Wildman–Crippen MR) is 89.8 cm³/mol. The standard InChI is InChI=1S/C15H22BrNO2S/c1-19-14-7-5-13(6-8-14)12-20-11-10-17-15(18)4-2-3-9-16/h5-8H,2-4,9-12H2,1H3,(H,17,18). The van der Waals surface area contributed by atoms with E-state index in [1.165, 1.54) is 5.56 Å². The average Bonchev–Trinajstić information content (AvgIpc) is 2.48. The van der Waals surface area contributed by atoms with Crippen LogP contribution in [0.15, 0.2) is 24.3 Å². The van der Waals surface area contributed by atoms with Gasteiger partial charge in [-0.1, -0.05) is 28.1 Å². The molecule has 0 radical (unpaired) electrons. The molecule has 0 aliphatic rings. The molecule has 1 aromatic rings. The highest BCUT2D eigenvalue weighted by Gasteiger charge is 2.00. The quantitative estimate of drug-likeness (QED) is 0.512. The first kappa shape index (κ1) is 17.4. The first-order chi connectivity index (χ1) is 9.76. The molecular weight excluding hydrogens is 338 g/mol. The number of thioether (sulfide) groups is 1. The molecule has 1 aromatic carbocycles. The summed E-state index contributed by atoms with van der Waals surface area (Å²) in [5.74, 6) is 2.95. The van der Waals surface area contributed by atoms with Crippen LogP contribution in [0.4, 0.5) is 0 Å². The lowest BCUT2D eigenvalue weighted by atomic mass is 10.2.